The molecule has 4 N–H and O–H groups in total. The van der Waals surface area contributed by atoms with Crippen molar-refractivity contribution in [2.45, 2.75) is 6.92 Å². The Labute approximate surface area is 76.5 Å². The number of nitrogen functional groups attached to an aromatic ring is 2. The zero-order chi connectivity index (χ0) is 10.0. The molecule has 0 bridgehead atoms. The van der Waals surface area contributed by atoms with E-state index < -0.39 is 0 Å². The number of Topliss-reactive ketones (excluding diaryl/α,β-unsaturated/α-hetero) is 1. The molecular formula is C9H12N2O2. The van der Waals surface area contributed by atoms with Gasteiger partial charge >= 0.3 is 0 Å². The number of carbonyl (C=O) groups is 1. The van der Waals surface area contributed by atoms with Crippen LogP contribution >= 0.6 is 0 Å². The van der Waals surface area contributed by atoms with Gasteiger partial charge in [0.1, 0.15) is 5.75 Å². The number of ether oxygens (including phenoxy) is 1. The molecule has 0 saturated heterocycles. The van der Waals surface area contributed by atoms with Crippen LogP contribution in [-0.4, -0.2) is 12.9 Å². The standard InChI is InChI=1S/C9H12N2O2/c1-5(12)6-3-9(13-2)8(11)4-7(6)10/h3-4H,10-11H2,1-2H3. The van der Waals surface area contributed by atoms with E-state index in [2.05, 4.69) is 0 Å². The number of hydrogen-bond donors (Lipinski definition) is 2. The predicted octanol–water partition coefficient (Wildman–Crippen LogP) is 1.06. The zero-order valence-electron chi connectivity index (χ0n) is 7.63. The highest BCUT2D eigenvalue weighted by Gasteiger charge is 2.09. The van der Waals surface area contributed by atoms with E-state index in [-0.39, 0.29) is 5.78 Å². The largest absolute Gasteiger partial charge is 0.495 e. The van der Waals surface area contributed by atoms with Gasteiger partial charge in [-0.15, -0.1) is 0 Å². The van der Waals surface area contributed by atoms with Crippen LogP contribution in [0.15, 0.2) is 12.1 Å². The quantitative estimate of drug-likeness (QED) is 0.527. The summed E-state index contributed by atoms with van der Waals surface area (Å²) in [7, 11) is 1.49. The molecule has 0 aliphatic carbocycles. The molecule has 1 aromatic carbocycles. The fourth-order valence-corrected chi connectivity index (χ4v) is 1.10. The van der Waals surface area contributed by atoms with Crippen molar-refractivity contribution in [2.24, 2.45) is 0 Å². The maximum absolute atomic E-state index is 11.1. The summed E-state index contributed by atoms with van der Waals surface area (Å²) < 4.78 is 4.96. The van der Waals surface area contributed by atoms with Crippen LogP contribution in [0.3, 0.4) is 0 Å². The van der Waals surface area contributed by atoms with Crippen LogP contribution < -0.4 is 16.2 Å². The first kappa shape index (κ1) is 9.38. The Bertz CT molecular complexity index is 348. The van der Waals surface area contributed by atoms with Crippen LogP contribution in [0.4, 0.5) is 11.4 Å². The highest BCUT2D eigenvalue weighted by molar-refractivity contribution is 6.00. The number of anilines is 2. The molecule has 0 amide bonds. The number of nitrogens with two attached hydrogens (primary N) is 2. The molecule has 0 aromatic heterocycles. The summed E-state index contributed by atoms with van der Waals surface area (Å²) in [6, 6.07) is 3.07. The second-order valence-electron chi connectivity index (χ2n) is 2.74. The molecule has 0 heterocycles. The Morgan fingerprint density at radius 1 is 1.31 bits per heavy atom. The number of methoxy groups -OCH3 is 1. The van der Waals surface area contributed by atoms with E-state index in [1.54, 1.807) is 6.07 Å². The van der Waals surface area contributed by atoms with Crippen LogP contribution in [0.5, 0.6) is 5.75 Å². The topological polar surface area (TPSA) is 78.3 Å². The average molecular weight is 180 g/mol. The third kappa shape index (κ3) is 1.72. The van der Waals surface area contributed by atoms with Gasteiger partial charge in [-0.25, -0.2) is 0 Å². The number of carbonyl (C=O) groups excluding carboxylic acids is 1. The first-order valence-corrected chi connectivity index (χ1v) is 3.80. The Morgan fingerprint density at radius 2 is 1.92 bits per heavy atom. The molecule has 0 saturated carbocycles. The Kier molecular flexibility index (Phi) is 2.41. The molecule has 0 aliphatic rings. The van der Waals surface area contributed by atoms with Crippen molar-refractivity contribution in [1.82, 2.24) is 0 Å². The predicted molar refractivity (Wildman–Crippen MR) is 51.8 cm³/mol. The number of benzene rings is 1. The molecule has 0 unspecified atom stereocenters. The lowest BCUT2D eigenvalue weighted by Crippen LogP contribution is -2.02. The molecule has 0 spiro atoms. The third-order valence-electron chi connectivity index (χ3n) is 1.78. The van der Waals surface area contributed by atoms with Gasteiger partial charge in [0.05, 0.1) is 12.8 Å². The lowest BCUT2D eigenvalue weighted by Gasteiger charge is -2.08. The molecule has 70 valence electrons. The van der Waals surface area contributed by atoms with E-state index in [1.165, 1.54) is 20.1 Å². The van der Waals surface area contributed by atoms with Crippen molar-refractivity contribution in [3.05, 3.63) is 17.7 Å². The minimum Gasteiger partial charge on any atom is -0.495 e. The Hall–Kier alpha value is -1.71. The minimum absolute atomic E-state index is 0.101. The summed E-state index contributed by atoms with van der Waals surface area (Å²) in [5.74, 6) is 0.371. The molecule has 0 fully saturated rings. The van der Waals surface area contributed by atoms with Gasteiger partial charge in [-0.3, -0.25) is 4.79 Å². The van der Waals surface area contributed by atoms with Gasteiger partial charge < -0.3 is 16.2 Å². The maximum atomic E-state index is 11.1. The molecule has 1 rings (SSSR count). The normalized spacial score (nSPS) is 9.69. The van der Waals surface area contributed by atoms with Crippen molar-refractivity contribution in [3.8, 4) is 5.75 Å². The van der Waals surface area contributed by atoms with Gasteiger partial charge in [-0.2, -0.15) is 0 Å². The van der Waals surface area contributed by atoms with E-state index in [4.69, 9.17) is 16.2 Å². The summed E-state index contributed by atoms with van der Waals surface area (Å²) >= 11 is 0. The van der Waals surface area contributed by atoms with Gasteiger partial charge in [0.15, 0.2) is 5.78 Å². The van der Waals surface area contributed by atoms with E-state index in [0.717, 1.165) is 0 Å². The SMILES string of the molecule is COc1cc(C(C)=O)c(N)cc1N. The molecule has 4 nitrogen and oxygen atoms in total. The first-order chi connectivity index (χ1) is 6.06. The first-order valence-electron chi connectivity index (χ1n) is 3.80. The number of ketones is 1. The Morgan fingerprint density at radius 3 is 2.38 bits per heavy atom. The highest BCUT2D eigenvalue weighted by Crippen LogP contribution is 2.27. The minimum atomic E-state index is -0.101. The van der Waals surface area contributed by atoms with Crippen molar-refractivity contribution in [1.29, 1.82) is 0 Å². The summed E-state index contributed by atoms with van der Waals surface area (Å²) in [6.07, 6.45) is 0. The van der Waals surface area contributed by atoms with E-state index in [0.29, 0.717) is 22.7 Å². The van der Waals surface area contributed by atoms with Gasteiger partial charge in [-0.05, 0) is 19.1 Å². The summed E-state index contributed by atoms with van der Waals surface area (Å²) in [4.78, 5) is 11.1. The Balaban J connectivity index is 3.30. The van der Waals surface area contributed by atoms with Crippen molar-refractivity contribution < 1.29 is 9.53 Å². The number of hydrogen-bond acceptors (Lipinski definition) is 4. The van der Waals surface area contributed by atoms with E-state index >= 15 is 0 Å². The third-order valence-corrected chi connectivity index (χ3v) is 1.78. The second kappa shape index (κ2) is 3.35. The fourth-order valence-electron chi connectivity index (χ4n) is 1.10. The van der Waals surface area contributed by atoms with Crippen LogP contribution in [-0.2, 0) is 0 Å². The molecule has 0 aliphatic heterocycles. The molecule has 0 atom stereocenters. The van der Waals surface area contributed by atoms with Gasteiger partial charge in [0.25, 0.3) is 0 Å². The van der Waals surface area contributed by atoms with Crippen molar-refractivity contribution in [2.75, 3.05) is 18.6 Å². The van der Waals surface area contributed by atoms with Crippen molar-refractivity contribution in [3.63, 3.8) is 0 Å². The van der Waals surface area contributed by atoms with Gasteiger partial charge in [-0.1, -0.05) is 0 Å². The average Bonchev–Trinajstić information content (AvgIpc) is 2.03. The molecule has 1 aromatic rings. The van der Waals surface area contributed by atoms with Crippen molar-refractivity contribution >= 4 is 17.2 Å². The van der Waals surface area contributed by atoms with Crippen LogP contribution in [0, 0.1) is 0 Å². The molecule has 13 heavy (non-hydrogen) atoms. The highest BCUT2D eigenvalue weighted by atomic mass is 16.5. The lowest BCUT2D eigenvalue weighted by atomic mass is 10.1. The lowest BCUT2D eigenvalue weighted by molar-refractivity contribution is 0.101. The smallest absolute Gasteiger partial charge is 0.162 e. The van der Waals surface area contributed by atoms with Gasteiger partial charge in [0.2, 0.25) is 0 Å². The monoisotopic (exact) mass is 180 g/mol. The molecule has 0 radical (unpaired) electrons. The summed E-state index contributed by atoms with van der Waals surface area (Å²) in [6.45, 7) is 1.45. The summed E-state index contributed by atoms with van der Waals surface area (Å²) in [5.41, 5.74) is 12.4. The van der Waals surface area contributed by atoms with Crippen LogP contribution in [0.25, 0.3) is 0 Å². The zero-order valence-corrected chi connectivity index (χ0v) is 7.63. The maximum Gasteiger partial charge on any atom is 0.162 e. The van der Waals surface area contributed by atoms with Crippen LogP contribution in [0.1, 0.15) is 17.3 Å². The van der Waals surface area contributed by atoms with Crippen LogP contribution in [0.2, 0.25) is 0 Å². The van der Waals surface area contributed by atoms with E-state index in [9.17, 15) is 4.79 Å². The van der Waals surface area contributed by atoms with E-state index in [1.807, 2.05) is 0 Å². The molecule has 4 heteroatoms. The summed E-state index contributed by atoms with van der Waals surface area (Å²) in [5, 5.41) is 0. The second-order valence-corrected chi connectivity index (χ2v) is 2.74. The molecular weight excluding hydrogens is 168 g/mol. The van der Waals surface area contributed by atoms with Gasteiger partial charge in [0, 0.05) is 11.3 Å². The number of rotatable bonds is 2. The fraction of sp³-hybridized carbons (Fsp3) is 0.222.